The van der Waals surface area contributed by atoms with Crippen LogP contribution in [0.1, 0.15) is 26.7 Å². The molecular formula is C22H26Cl4N6O10. The summed E-state index contributed by atoms with van der Waals surface area (Å²) in [6.07, 6.45) is -0.0231. The number of quaternary nitrogens is 1. The molecule has 0 aromatic carbocycles. The quantitative estimate of drug-likeness (QED) is 0.141. The summed E-state index contributed by atoms with van der Waals surface area (Å²) in [5, 5.41) is 23.5. The number of carbonyl (C=O) groups is 4. The van der Waals surface area contributed by atoms with Crippen LogP contribution in [0.2, 0.25) is 15.5 Å². The van der Waals surface area contributed by atoms with Crippen molar-refractivity contribution >= 4 is 75.5 Å². The van der Waals surface area contributed by atoms with E-state index in [9.17, 15) is 39.4 Å². The number of nitrogens with zero attached hydrogens (tertiary/aromatic N) is 4. The average molecular weight is 676 g/mol. The number of nitrogens with one attached hydrogen (secondary N) is 1. The number of hydrogen-bond donors (Lipinski definition) is 2. The fourth-order valence-corrected chi connectivity index (χ4v) is 3.17. The van der Waals surface area contributed by atoms with E-state index < -0.39 is 33.9 Å². The van der Waals surface area contributed by atoms with E-state index in [1.807, 2.05) is 0 Å². The minimum absolute atomic E-state index is 0. The Morgan fingerprint density at radius 1 is 0.857 bits per heavy atom. The van der Waals surface area contributed by atoms with E-state index in [1.54, 1.807) is 0 Å². The molecule has 2 aromatic heterocycles. The van der Waals surface area contributed by atoms with Crippen molar-refractivity contribution in [1.29, 1.82) is 0 Å². The number of hydrogen-bond acceptors (Lipinski definition) is 13. The fraction of sp³-hybridized carbons (Fsp3) is 0.364. The molecule has 0 fully saturated rings. The molecule has 2 heterocycles. The molecule has 0 aliphatic rings. The average Bonchev–Trinajstić information content (AvgIpc) is 2.87. The summed E-state index contributed by atoms with van der Waals surface area (Å²) < 4.78 is 8.89. The van der Waals surface area contributed by atoms with Gasteiger partial charge in [-0.3, -0.25) is 29.8 Å². The fourth-order valence-electron chi connectivity index (χ4n) is 2.61. The predicted molar refractivity (Wildman–Crippen MR) is 146 cm³/mol. The summed E-state index contributed by atoms with van der Waals surface area (Å²) in [4.78, 5) is 70.7. The summed E-state index contributed by atoms with van der Waals surface area (Å²) in [6, 6.07) is 3.30. The van der Waals surface area contributed by atoms with Gasteiger partial charge in [0.25, 0.3) is 0 Å². The first-order valence-corrected chi connectivity index (χ1v) is 12.2. The van der Waals surface area contributed by atoms with Crippen LogP contribution in [0.15, 0.2) is 24.3 Å². The Bertz CT molecular complexity index is 1280. The Hall–Kier alpha value is -3.70. The second-order valence-electron chi connectivity index (χ2n) is 7.71. The van der Waals surface area contributed by atoms with Crippen LogP contribution in [0.3, 0.4) is 0 Å². The lowest BCUT2D eigenvalue weighted by Crippen LogP contribution is -3.00. The number of ether oxygens (including phenoxy) is 2. The van der Waals surface area contributed by atoms with E-state index in [1.165, 1.54) is 39.2 Å². The van der Waals surface area contributed by atoms with Crippen molar-refractivity contribution in [2.45, 2.75) is 38.8 Å². The van der Waals surface area contributed by atoms with Crippen LogP contribution in [0.25, 0.3) is 0 Å². The molecule has 2 rings (SSSR count). The summed E-state index contributed by atoms with van der Waals surface area (Å²) in [5.74, 6) is -1.69. The van der Waals surface area contributed by atoms with Gasteiger partial charge in [-0.25, -0.2) is 19.6 Å². The molecule has 2 aromatic rings. The molecule has 232 valence electrons. The van der Waals surface area contributed by atoms with Gasteiger partial charge in [-0.15, -0.1) is 0 Å². The number of carbonyl (C=O) groups excluding carboxylic acids is 4. The molecule has 0 aliphatic heterocycles. The number of anilines is 1. The zero-order valence-electron chi connectivity index (χ0n) is 22.5. The van der Waals surface area contributed by atoms with Gasteiger partial charge >= 0.3 is 23.3 Å². The first kappa shape index (κ1) is 40.4. The molecule has 16 nitrogen and oxygen atoms in total. The number of Topliss-reactive ketones (excluding diaryl/α,β-unsaturated/α-hetero) is 2. The first-order chi connectivity index (χ1) is 19.0. The highest BCUT2D eigenvalue weighted by Gasteiger charge is 2.26. The number of rotatable bonds is 10. The third-order valence-electron chi connectivity index (χ3n) is 4.39. The van der Waals surface area contributed by atoms with Crippen molar-refractivity contribution in [1.82, 2.24) is 9.97 Å². The van der Waals surface area contributed by atoms with Gasteiger partial charge < -0.3 is 32.9 Å². The Morgan fingerprint density at radius 2 is 1.31 bits per heavy atom. The lowest BCUT2D eigenvalue weighted by molar-refractivity contribution is -0.406. The predicted octanol–water partition coefficient (Wildman–Crippen LogP) is -0.375. The van der Waals surface area contributed by atoms with Crippen molar-refractivity contribution < 1.29 is 56.6 Å². The van der Waals surface area contributed by atoms with Crippen molar-refractivity contribution in [3.8, 4) is 0 Å². The van der Waals surface area contributed by atoms with E-state index in [0.29, 0.717) is 0 Å². The maximum atomic E-state index is 11.6. The number of nitro groups is 2. The van der Waals surface area contributed by atoms with Crippen molar-refractivity contribution in [3.05, 3.63) is 60.0 Å². The Kier molecular flexibility index (Phi) is 19.5. The van der Waals surface area contributed by atoms with Gasteiger partial charge in [0, 0.05) is 18.6 Å². The second-order valence-corrected chi connectivity index (χ2v) is 8.84. The molecule has 0 aliphatic carbocycles. The highest BCUT2D eigenvalue weighted by molar-refractivity contribution is 6.33. The summed E-state index contributed by atoms with van der Waals surface area (Å²) >= 11 is 16.5. The van der Waals surface area contributed by atoms with Crippen LogP contribution in [-0.4, -0.2) is 69.6 Å². The highest BCUT2D eigenvalue weighted by atomic mass is 35.5. The van der Waals surface area contributed by atoms with Gasteiger partial charge in [-0.2, -0.15) is 0 Å². The van der Waals surface area contributed by atoms with Gasteiger partial charge in [-0.1, -0.05) is 34.8 Å². The molecule has 2 atom stereocenters. The molecule has 42 heavy (non-hydrogen) atoms. The number of halogens is 4. The number of methoxy groups -OCH3 is 2. The highest BCUT2D eigenvalue weighted by Crippen LogP contribution is 2.25. The van der Waals surface area contributed by atoms with Crippen molar-refractivity contribution in [2.24, 2.45) is 0 Å². The maximum Gasteiger partial charge on any atom is 0.364 e. The lowest BCUT2D eigenvalue weighted by Gasteiger charge is -2.15. The van der Waals surface area contributed by atoms with Crippen LogP contribution >= 0.6 is 34.8 Å². The number of esters is 2. The van der Waals surface area contributed by atoms with E-state index in [0.717, 1.165) is 13.2 Å². The van der Waals surface area contributed by atoms with E-state index in [2.05, 4.69) is 30.5 Å². The standard InChI is InChI=1S/C11H12ClN3O5.C6H11NO3.C5H2Cl2N2O2.ClH/c1-6(16)5-7(11(17)20-2)13-10-8(15(18)19)3-4-9(12)14-10;1-4(8)3-5(7)6(9)10-2;6-4-2-1-3(9(10)11)5(7)8-4;/h3-4,7H,5H2,1-2H3,(H,13,14);5H,3,7H2,1-2H3;1-2H;1H/t7-;5-;;/m11../s1. The molecular weight excluding hydrogens is 650 g/mol. The number of ketones is 2. The third-order valence-corrected chi connectivity index (χ3v) is 5.08. The van der Waals surface area contributed by atoms with Gasteiger partial charge in [-0.05, 0) is 26.0 Å². The molecule has 0 spiro atoms. The van der Waals surface area contributed by atoms with Crippen LogP contribution < -0.4 is 23.5 Å². The maximum absolute atomic E-state index is 11.6. The number of pyridine rings is 2. The molecule has 0 unspecified atom stereocenters. The summed E-state index contributed by atoms with van der Waals surface area (Å²) in [5.41, 5.74) is 2.86. The molecule has 0 radical (unpaired) electrons. The van der Waals surface area contributed by atoms with Crippen molar-refractivity contribution in [2.75, 3.05) is 19.5 Å². The van der Waals surface area contributed by atoms with Crippen molar-refractivity contribution in [3.63, 3.8) is 0 Å². The smallest absolute Gasteiger partial charge is 0.364 e. The SMILES string of the molecule is COC(=O)[C@@H](CC(C)=O)Nc1nc(Cl)ccc1[N+](=O)[O-].COC(=O)[C@H]([NH3+])CC(C)=O.O=[N+]([O-])c1ccc(Cl)nc1Cl.[Cl-]. The monoisotopic (exact) mass is 674 g/mol. The minimum Gasteiger partial charge on any atom is -1.00 e. The van der Waals surface area contributed by atoms with Gasteiger partial charge in [0.1, 0.15) is 27.9 Å². The number of aromatic nitrogens is 2. The summed E-state index contributed by atoms with van der Waals surface area (Å²) in [6.45, 7) is 2.71. The molecule has 0 amide bonds. The van der Waals surface area contributed by atoms with Crippen LogP contribution in [0, 0.1) is 20.2 Å². The van der Waals surface area contributed by atoms with E-state index >= 15 is 0 Å². The summed E-state index contributed by atoms with van der Waals surface area (Å²) in [7, 11) is 2.43. The van der Waals surface area contributed by atoms with Crippen LogP contribution in [-0.2, 0) is 28.7 Å². The van der Waals surface area contributed by atoms with E-state index in [4.69, 9.17) is 34.8 Å². The van der Waals surface area contributed by atoms with Gasteiger partial charge in [0.15, 0.2) is 6.04 Å². The zero-order valence-corrected chi connectivity index (χ0v) is 25.5. The molecule has 4 N–H and O–H groups in total. The Balaban J connectivity index is 0. The minimum atomic E-state index is -1.07. The van der Waals surface area contributed by atoms with Gasteiger partial charge in [0.2, 0.25) is 11.0 Å². The third kappa shape index (κ3) is 15.3. The normalized spacial score (nSPS) is 11.0. The Labute approximate surface area is 259 Å². The molecule has 0 saturated carbocycles. The van der Waals surface area contributed by atoms with E-state index in [-0.39, 0.29) is 69.5 Å². The van der Waals surface area contributed by atoms with Crippen LogP contribution in [0.5, 0.6) is 0 Å². The Morgan fingerprint density at radius 3 is 1.71 bits per heavy atom. The van der Waals surface area contributed by atoms with Gasteiger partial charge in [0.05, 0.1) is 30.5 Å². The second kappa shape index (κ2) is 20.2. The largest absolute Gasteiger partial charge is 1.00 e. The topological polar surface area (TPSA) is 238 Å². The zero-order chi connectivity index (χ0) is 31.9. The molecule has 0 bridgehead atoms. The molecule has 20 heteroatoms. The first-order valence-electron chi connectivity index (χ1n) is 11.0. The lowest BCUT2D eigenvalue weighted by atomic mass is 10.1. The molecule has 0 saturated heterocycles. The van der Waals surface area contributed by atoms with Crippen LogP contribution in [0.4, 0.5) is 17.2 Å².